The van der Waals surface area contributed by atoms with E-state index in [4.69, 9.17) is 21.4 Å². The van der Waals surface area contributed by atoms with Crippen LogP contribution in [0.5, 0.6) is 0 Å². The molecular formula is C21H27CaClN2O3. The second-order valence-corrected chi connectivity index (χ2v) is 7.30. The zero-order valence-electron chi connectivity index (χ0n) is 18.0. The number of hydrogen-bond donors (Lipinski definition) is 1. The molecule has 2 heterocycles. The fraction of sp³-hybridized carbons (Fsp3) is 0.429. The summed E-state index contributed by atoms with van der Waals surface area (Å²) in [6, 6.07) is 13.6. The molecule has 1 fully saturated rings. The average molecular weight is 431 g/mol. The minimum absolute atomic E-state index is 0. The van der Waals surface area contributed by atoms with Crippen LogP contribution in [0.3, 0.4) is 0 Å². The molecule has 148 valence electrons. The molecule has 1 aromatic heterocycles. The fourth-order valence-electron chi connectivity index (χ4n) is 3.40. The number of hydrogen-bond acceptors (Lipinski definition) is 4. The van der Waals surface area contributed by atoms with Gasteiger partial charge in [0.2, 0.25) is 0 Å². The number of halogens is 1. The smallest absolute Gasteiger partial charge is 1.00 e. The zero-order valence-corrected chi connectivity index (χ0v) is 18.9. The maximum absolute atomic E-state index is 10.7. The molecule has 0 spiro atoms. The Morgan fingerprint density at radius 2 is 1.96 bits per heavy atom. The number of aromatic nitrogens is 1. The molecule has 2 aromatic rings. The third-order valence-electron chi connectivity index (χ3n) is 4.86. The van der Waals surface area contributed by atoms with Gasteiger partial charge < -0.3 is 17.6 Å². The van der Waals surface area contributed by atoms with Crippen molar-refractivity contribution in [2.24, 2.45) is 0 Å². The number of aliphatic carboxylic acids is 1. The number of rotatable bonds is 8. The largest absolute Gasteiger partial charge is 2.00 e. The van der Waals surface area contributed by atoms with Crippen LogP contribution >= 0.6 is 11.6 Å². The summed E-state index contributed by atoms with van der Waals surface area (Å²) in [5.74, 6) is -0.727. The quantitative estimate of drug-likeness (QED) is 0.641. The number of carboxylic acids is 1. The van der Waals surface area contributed by atoms with E-state index in [1.807, 2.05) is 42.5 Å². The summed E-state index contributed by atoms with van der Waals surface area (Å²) in [5, 5.41) is 9.47. The first kappa shape index (κ1) is 23.6. The van der Waals surface area contributed by atoms with Gasteiger partial charge in [-0.05, 0) is 55.6 Å². The minimum Gasteiger partial charge on any atom is -1.00 e. The van der Waals surface area contributed by atoms with Crippen LogP contribution in [-0.4, -0.2) is 84.4 Å². The number of carbonyl (C=O) groups is 1. The molecule has 1 N–H and O–H groups in total. The van der Waals surface area contributed by atoms with E-state index in [-0.39, 0.29) is 59.2 Å². The van der Waals surface area contributed by atoms with Gasteiger partial charge in [-0.3, -0.25) is 9.78 Å². The van der Waals surface area contributed by atoms with Gasteiger partial charge in [0, 0.05) is 30.7 Å². The second-order valence-electron chi connectivity index (χ2n) is 6.86. The number of piperidine rings is 1. The second kappa shape index (κ2) is 12.1. The van der Waals surface area contributed by atoms with E-state index in [0.29, 0.717) is 11.4 Å². The van der Waals surface area contributed by atoms with Gasteiger partial charge in [-0.1, -0.05) is 29.8 Å². The van der Waals surface area contributed by atoms with E-state index < -0.39 is 5.97 Å². The van der Waals surface area contributed by atoms with Crippen LogP contribution in [0.2, 0.25) is 5.02 Å². The van der Waals surface area contributed by atoms with Gasteiger partial charge >= 0.3 is 43.7 Å². The fourth-order valence-corrected chi connectivity index (χ4v) is 3.53. The number of benzene rings is 1. The van der Waals surface area contributed by atoms with Crippen molar-refractivity contribution in [1.29, 1.82) is 0 Å². The molecule has 28 heavy (non-hydrogen) atoms. The van der Waals surface area contributed by atoms with E-state index in [0.717, 1.165) is 43.7 Å². The summed E-state index contributed by atoms with van der Waals surface area (Å²) in [7, 11) is 0. The molecule has 7 heteroatoms. The molecule has 1 atom stereocenters. The van der Waals surface area contributed by atoms with Crippen molar-refractivity contribution in [3.63, 3.8) is 0 Å². The maximum Gasteiger partial charge on any atom is 2.00 e. The van der Waals surface area contributed by atoms with Crippen LogP contribution in [-0.2, 0) is 9.53 Å². The van der Waals surface area contributed by atoms with Crippen molar-refractivity contribution >= 4 is 55.3 Å². The first-order valence-corrected chi connectivity index (χ1v) is 9.75. The summed E-state index contributed by atoms with van der Waals surface area (Å²) in [4.78, 5) is 17.5. The number of nitrogens with zero attached hydrogens (tertiary/aromatic N) is 2. The predicted octanol–water partition coefficient (Wildman–Crippen LogP) is 4.01. The topological polar surface area (TPSA) is 62.7 Å². The molecule has 3 rings (SSSR count). The van der Waals surface area contributed by atoms with Gasteiger partial charge in [-0.2, -0.15) is 0 Å². The molecule has 1 saturated heterocycles. The van der Waals surface area contributed by atoms with Crippen molar-refractivity contribution < 1.29 is 17.5 Å². The molecule has 0 aliphatic carbocycles. The van der Waals surface area contributed by atoms with Gasteiger partial charge in [0.25, 0.3) is 0 Å². The van der Waals surface area contributed by atoms with Crippen LogP contribution in [0.4, 0.5) is 0 Å². The monoisotopic (exact) mass is 430 g/mol. The molecule has 1 aromatic carbocycles. The van der Waals surface area contributed by atoms with Crippen LogP contribution < -0.4 is 0 Å². The Bertz CT molecular complexity index is 733. The van der Waals surface area contributed by atoms with Gasteiger partial charge in [-0.25, -0.2) is 0 Å². The molecule has 5 nitrogen and oxygen atoms in total. The molecule has 0 saturated carbocycles. The Morgan fingerprint density at radius 3 is 2.57 bits per heavy atom. The van der Waals surface area contributed by atoms with E-state index in [2.05, 4.69) is 9.88 Å². The van der Waals surface area contributed by atoms with Crippen molar-refractivity contribution in [1.82, 2.24) is 9.88 Å². The maximum atomic E-state index is 10.7. The summed E-state index contributed by atoms with van der Waals surface area (Å²) < 4.78 is 6.47. The summed E-state index contributed by atoms with van der Waals surface area (Å²) in [5.41, 5.74) is 1.94. The van der Waals surface area contributed by atoms with Crippen LogP contribution in [0.1, 0.15) is 45.9 Å². The molecule has 0 radical (unpaired) electrons. The molecule has 0 unspecified atom stereocenters. The van der Waals surface area contributed by atoms with Crippen molar-refractivity contribution in [3.8, 4) is 0 Å². The Labute approximate surface area is 204 Å². The van der Waals surface area contributed by atoms with Crippen LogP contribution in [0.15, 0.2) is 48.7 Å². The van der Waals surface area contributed by atoms with Gasteiger partial charge in [0.15, 0.2) is 0 Å². The normalized spacial score (nSPS) is 16.3. The number of pyridine rings is 1. The summed E-state index contributed by atoms with van der Waals surface area (Å²) in [6.07, 6.45) is 4.52. The Balaban J connectivity index is 0.00000280. The number of carboxylic acid groups (broad SMARTS) is 1. The summed E-state index contributed by atoms with van der Waals surface area (Å²) >= 11 is 6.03. The van der Waals surface area contributed by atoms with Crippen molar-refractivity contribution in [2.75, 3.05) is 19.6 Å². The van der Waals surface area contributed by atoms with Crippen molar-refractivity contribution in [2.45, 2.75) is 37.9 Å². The van der Waals surface area contributed by atoms with Crippen LogP contribution in [0, 0.1) is 0 Å². The van der Waals surface area contributed by atoms with E-state index >= 15 is 0 Å². The Kier molecular flexibility index (Phi) is 10.2. The molecule has 1 aliphatic rings. The molecule has 1 aliphatic heterocycles. The third-order valence-corrected chi connectivity index (χ3v) is 5.11. The zero-order chi connectivity index (χ0) is 19.1. The number of likely N-dealkylation sites (tertiary alicyclic amines) is 1. The molecular weight excluding hydrogens is 404 g/mol. The molecule has 0 amide bonds. The Hall–Kier alpha value is -0.690. The third kappa shape index (κ3) is 7.29. The predicted molar refractivity (Wildman–Crippen MR) is 113 cm³/mol. The van der Waals surface area contributed by atoms with Gasteiger partial charge in [-0.15, -0.1) is 0 Å². The number of ether oxygens (including phenoxy) is 1. The average Bonchev–Trinajstić information content (AvgIpc) is 2.68. The Morgan fingerprint density at radius 1 is 1.25 bits per heavy atom. The van der Waals surface area contributed by atoms with E-state index in [9.17, 15) is 4.79 Å². The van der Waals surface area contributed by atoms with Crippen LogP contribution in [0.25, 0.3) is 0 Å². The minimum atomic E-state index is -0.727. The first-order valence-electron chi connectivity index (χ1n) is 9.38. The SMILES string of the molecule is O=C(O)CCCN1CCC(O[C@@H](c2ccc(Cl)cc2)c2ccccn2)CC1.[Ca+2].[H-].[H-]. The first-order chi connectivity index (χ1) is 13.1. The van der Waals surface area contributed by atoms with Crippen molar-refractivity contribution in [3.05, 3.63) is 64.9 Å². The standard InChI is InChI=1S/C21H25ClN2O3.Ca.2H/c22-17-8-6-16(7-9-17)21(19-4-1-2-12-23-19)27-18-10-14-24(15-11-18)13-3-5-20(25)26;;;/h1-2,4,6-9,12,18,21H,3,5,10-11,13-15H2,(H,25,26);;;/q;+2;2*-1/t21-;;;/m0.../s1. The molecule has 0 bridgehead atoms. The summed E-state index contributed by atoms with van der Waals surface area (Å²) in [6.45, 7) is 2.69. The van der Waals surface area contributed by atoms with E-state index in [1.165, 1.54) is 0 Å². The van der Waals surface area contributed by atoms with E-state index in [1.54, 1.807) is 6.20 Å². The van der Waals surface area contributed by atoms with Gasteiger partial charge in [0.05, 0.1) is 11.8 Å². The van der Waals surface area contributed by atoms with Gasteiger partial charge in [0.1, 0.15) is 6.10 Å².